The predicted molar refractivity (Wildman–Crippen MR) is 98.4 cm³/mol. The quantitative estimate of drug-likeness (QED) is 0.864. The summed E-state index contributed by atoms with van der Waals surface area (Å²) in [5.74, 6) is 0.0691. The van der Waals surface area contributed by atoms with Crippen molar-refractivity contribution in [1.82, 2.24) is 19.4 Å². The Morgan fingerprint density at radius 1 is 1.27 bits per heavy atom. The van der Waals surface area contributed by atoms with Gasteiger partial charge in [-0.1, -0.05) is 13.3 Å². The lowest BCUT2D eigenvalue weighted by atomic mass is 10.2. The Morgan fingerprint density at radius 2 is 2.04 bits per heavy atom. The van der Waals surface area contributed by atoms with Gasteiger partial charge in [0, 0.05) is 37.9 Å². The van der Waals surface area contributed by atoms with Gasteiger partial charge in [-0.25, -0.2) is 17.8 Å². The molecule has 1 atom stereocenters. The molecule has 0 aliphatic carbocycles. The minimum atomic E-state index is -3.64. The van der Waals surface area contributed by atoms with Crippen LogP contribution in [0.25, 0.3) is 5.69 Å². The highest BCUT2D eigenvalue weighted by Gasteiger charge is 2.25. The van der Waals surface area contributed by atoms with Gasteiger partial charge in [0.15, 0.2) is 0 Å². The number of hydrogen-bond acceptors (Lipinski definition) is 4. The number of rotatable bonds is 5. The monoisotopic (exact) mass is 376 g/mol. The van der Waals surface area contributed by atoms with Crippen LogP contribution in [0.15, 0.2) is 47.6 Å². The second-order valence-corrected chi connectivity index (χ2v) is 8.17. The molecular weight excluding hydrogens is 352 g/mol. The molecule has 26 heavy (non-hydrogen) atoms. The maximum atomic E-state index is 12.7. The number of amides is 1. The third-order valence-corrected chi connectivity index (χ3v) is 6.10. The number of carbonyl (C=O) groups is 1. The van der Waals surface area contributed by atoms with Crippen molar-refractivity contribution in [2.24, 2.45) is 0 Å². The molecule has 8 heteroatoms. The molecule has 1 N–H and O–H groups in total. The average Bonchev–Trinajstić information content (AvgIpc) is 3.08. The molecule has 0 unspecified atom stereocenters. The summed E-state index contributed by atoms with van der Waals surface area (Å²) in [7, 11) is -3.64. The Kier molecular flexibility index (Phi) is 5.73. The zero-order valence-electron chi connectivity index (χ0n) is 14.8. The molecular formula is C18H24N4O3S. The van der Waals surface area contributed by atoms with Gasteiger partial charge in [0.25, 0.3) is 0 Å². The molecule has 1 aliphatic heterocycles. The second kappa shape index (κ2) is 8.01. The van der Waals surface area contributed by atoms with Crippen molar-refractivity contribution in [3.63, 3.8) is 0 Å². The molecule has 3 rings (SSSR count). The van der Waals surface area contributed by atoms with E-state index in [0.717, 1.165) is 24.9 Å². The zero-order valence-corrected chi connectivity index (χ0v) is 15.7. The minimum Gasteiger partial charge on any atom is -0.341 e. The first-order valence-corrected chi connectivity index (χ1v) is 10.4. The van der Waals surface area contributed by atoms with Crippen molar-refractivity contribution in [3.8, 4) is 5.69 Å². The third kappa shape index (κ3) is 4.31. The molecule has 0 saturated carbocycles. The molecule has 0 spiro atoms. The van der Waals surface area contributed by atoms with Gasteiger partial charge in [0.2, 0.25) is 15.9 Å². The molecule has 0 radical (unpaired) electrons. The van der Waals surface area contributed by atoms with Crippen molar-refractivity contribution in [2.75, 3.05) is 13.1 Å². The van der Waals surface area contributed by atoms with E-state index in [1.807, 2.05) is 13.0 Å². The van der Waals surface area contributed by atoms with Crippen molar-refractivity contribution >= 4 is 15.9 Å². The number of sulfonamides is 1. The van der Waals surface area contributed by atoms with Crippen LogP contribution < -0.4 is 4.72 Å². The summed E-state index contributed by atoms with van der Waals surface area (Å²) in [5, 5.41) is 4.13. The van der Waals surface area contributed by atoms with Gasteiger partial charge >= 0.3 is 0 Å². The summed E-state index contributed by atoms with van der Waals surface area (Å²) in [6, 6.07) is 8.14. The highest BCUT2D eigenvalue weighted by atomic mass is 32.2. The van der Waals surface area contributed by atoms with Crippen LogP contribution >= 0.6 is 0 Å². The fourth-order valence-electron chi connectivity index (χ4n) is 3.18. The summed E-state index contributed by atoms with van der Waals surface area (Å²) in [6.45, 7) is 2.95. The lowest BCUT2D eigenvalue weighted by Gasteiger charge is -2.24. The first kappa shape index (κ1) is 18.6. The van der Waals surface area contributed by atoms with Crippen LogP contribution in [0.3, 0.4) is 0 Å². The van der Waals surface area contributed by atoms with E-state index in [4.69, 9.17) is 0 Å². The van der Waals surface area contributed by atoms with E-state index in [-0.39, 0.29) is 16.8 Å². The van der Waals surface area contributed by atoms with Gasteiger partial charge in [-0.15, -0.1) is 0 Å². The lowest BCUT2D eigenvalue weighted by molar-refractivity contribution is -0.131. The SMILES string of the molecule is CCC(=O)N1CCCC[C@@H](NS(=O)(=O)c2ccc(-n3cccn3)cc2)C1. The van der Waals surface area contributed by atoms with Crippen LogP contribution in [-0.2, 0) is 14.8 Å². The lowest BCUT2D eigenvalue weighted by Crippen LogP contribution is -2.44. The molecule has 1 aromatic carbocycles. The van der Waals surface area contributed by atoms with Crippen LogP contribution in [0.5, 0.6) is 0 Å². The molecule has 0 bridgehead atoms. The smallest absolute Gasteiger partial charge is 0.240 e. The molecule has 2 heterocycles. The topological polar surface area (TPSA) is 84.3 Å². The molecule has 2 aromatic rings. The minimum absolute atomic E-state index is 0.0691. The molecule has 1 aliphatic rings. The fourth-order valence-corrected chi connectivity index (χ4v) is 4.44. The number of nitrogens with one attached hydrogen (secondary N) is 1. The molecule has 1 amide bonds. The van der Waals surface area contributed by atoms with E-state index in [9.17, 15) is 13.2 Å². The maximum absolute atomic E-state index is 12.7. The Labute approximate surface area is 154 Å². The van der Waals surface area contributed by atoms with Gasteiger partial charge < -0.3 is 4.90 Å². The summed E-state index contributed by atoms with van der Waals surface area (Å²) >= 11 is 0. The van der Waals surface area contributed by atoms with E-state index >= 15 is 0 Å². The maximum Gasteiger partial charge on any atom is 0.240 e. The van der Waals surface area contributed by atoms with Gasteiger partial charge in [-0.3, -0.25) is 4.79 Å². The Morgan fingerprint density at radius 3 is 2.69 bits per heavy atom. The first-order valence-electron chi connectivity index (χ1n) is 8.90. The molecule has 7 nitrogen and oxygen atoms in total. The van der Waals surface area contributed by atoms with E-state index in [1.165, 1.54) is 0 Å². The molecule has 1 saturated heterocycles. The van der Waals surface area contributed by atoms with Gasteiger partial charge in [0.1, 0.15) is 0 Å². The third-order valence-electron chi connectivity index (χ3n) is 4.56. The van der Waals surface area contributed by atoms with Crippen LogP contribution in [0.2, 0.25) is 0 Å². The first-order chi connectivity index (χ1) is 12.5. The Hall–Kier alpha value is -2.19. The summed E-state index contributed by atoms with van der Waals surface area (Å²) in [4.78, 5) is 14.0. The molecule has 140 valence electrons. The summed E-state index contributed by atoms with van der Waals surface area (Å²) in [6.07, 6.45) is 6.45. The van der Waals surface area contributed by atoms with Gasteiger partial charge in [-0.2, -0.15) is 5.10 Å². The standard InChI is InChI=1S/C18H24N4O3S/c1-2-18(23)21-12-4-3-6-15(14-21)20-26(24,25)17-9-7-16(8-10-17)22-13-5-11-19-22/h5,7-11,13,15,20H,2-4,6,12,14H2,1H3/t15-/m1/s1. The Balaban J connectivity index is 1.72. The number of carbonyl (C=O) groups excluding carboxylic acids is 1. The summed E-state index contributed by atoms with van der Waals surface area (Å²) in [5.41, 5.74) is 0.795. The number of nitrogens with zero attached hydrogens (tertiary/aromatic N) is 3. The van der Waals surface area contributed by atoms with Crippen LogP contribution in [0.4, 0.5) is 0 Å². The van der Waals surface area contributed by atoms with Gasteiger partial charge in [-0.05, 0) is 43.2 Å². The van der Waals surface area contributed by atoms with E-state index in [1.54, 1.807) is 46.2 Å². The number of likely N-dealkylation sites (tertiary alicyclic amines) is 1. The van der Waals surface area contributed by atoms with Crippen LogP contribution in [0.1, 0.15) is 32.6 Å². The van der Waals surface area contributed by atoms with Crippen molar-refractivity contribution < 1.29 is 13.2 Å². The fraction of sp³-hybridized carbons (Fsp3) is 0.444. The van der Waals surface area contributed by atoms with E-state index in [2.05, 4.69) is 9.82 Å². The second-order valence-electron chi connectivity index (χ2n) is 6.45. The normalized spacial score (nSPS) is 18.5. The molecule has 1 fully saturated rings. The number of aromatic nitrogens is 2. The summed E-state index contributed by atoms with van der Waals surface area (Å²) < 4.78 is 29.9. The van der Waals surface area contributed by atoms with E-state index < -0.39 is 10.0 Å². The van der Waals surface area contributed by atoms with Crippen LogP contribution in [0, 0.1) is 0 Å². The number of hydrogen-bond donors (Lipinski definition) is 1. The van der Waals surface area contributed by atoms with Gasteiger partial charge in [0.05, 0.1) is 10.6 Å². The zero-order chi connectivity index (χ0) is 18.6. The highest BCUT2D eigenvalue weighted by Crippen LogP contribution is 2.17. The van der Waals surface area contributed by atoms with Crippen molar-refractivity contribution in [3.05, 3.63) is 42.7 Å². The number of benzene rings is 1. The highest BCUT2D eigenvalue weighted by molar-refractivity contribution is 7.89. The Bertz CT molecular complexity index is 832. The van der Waals surface area contributed by atoms with Crippen molar-refractivity contribution in [2.45, 2.75) is 43.5 Å². The average molecular weight is 376 g/mol. The largest absolute Gasteiger partial charge is 0.341 e. The van der Waals surface area contributed by atoms with Crippen LogP contribution in [-0.4, -0.2) is 48.1 Å². The van der Waals surface area contributed by atoms with E-state index in [0.29, 0.717) is 19.5 Å². The predicted octanol–water partition coefficient (Wildman–Crippen LogP) is 1.94. The molecule has 1 aromatic heterocycles. The van der Waals surface area contributed by atoms with Crippen molar-refractivity contribution in [1.29, 1.82) is 0 Å².